The number of aryl methyl sites for hydroxylation is 1. The molecule has 1 saturated heterocycles. The predicted octanol–water partition coefficient (Wildman–Crippen LogP) is 3.49. The molecule has 132 valence electrons. The van der Waals surface area contributed by atoms with Crippen molar-refractivity contribution in [2.45, 2.75) is 6.92 Å². The first kappa shape index (κ1) is 17.8. The molecule has 0 atom stereocenters. The van der Waals surface area contributed by atoms with E-state index in [1.165, 1.54) is 0 Å². The predicted molar refractivity (Wildman–Crippen MR) is 100 cm³/mol. The van der Waals surface area contributed by atoms with Crippen molar-refractivity contribution in [3.8, 4) is 5.75 Å². The summed E-state index contributed by atoms with van der Waals surface area (Å²) >= 11 is 5.98. The molecule has 1 aliphatic heterocycles. The normalized spacial score (nSPS) is 15.2. The molecule has 4 nitrogen and oxygen atoms in total. The number of carbonyl (C=O) groups is 1. The second kappa shape index (κ2) is 8.37. The monoisotopic (exact) mass is 358 g/mol. The SMILES string of the molecule is Cc1ccccc1OCCN1CCN(C(=O)c2cccc(Cl)c2)CC1. The molecule has 0 aliphatic carbocycles. The third-order valence-corrected chi connectivity index (χ3v) is 4.72. The molecule has 1 heterocycles. The molecule has 0 bridgehead atoms. The second-order valence-corrected chi connectivity index (χ2v) is 6.69. The Kier molecular flexibility index (Phi) is 5.95. The maximum absolute atomic E-state index is 12.5. The average molecular weight is 359 g/mol. The average Bonchev–Trinajstić information content (AvgIpc) is 2.63. The fourth-order valence-electron chi connectivity index (χ4n) is 2.98. The van der Waals surface area contributed by atoms with Gasteiger partial charge in [0, 0.05) is 43.3 Å². The van der Waals surface area contributed by atoms with Crippen LogP contribution in [0.15, 0.2) is 48.5 Å². The van der Waals surface area contributed by atoms with Crippen LogP contribution in [0.3, 0.4) is 0 Å². The van der Waals surface area contributed by atoms with Crippen LogP contribution in [0.2, 0.25) is 5.02 Å². The molecule has 5 heteroatoms. The summed E-state index contributed by atoms with van der Waals surface area (Å²) in [6.07, 6.45) is 0. The first-order valence-corrected chi connectivity index (χ1v) is 8.97. The first-order chi connectivity index (χ1) is 12.1. The van der Waals surface area contributed by atoms with Gasteiger partial charge in [-0.15, -0.1) is 0 Å². The van der Waals surface area contributed by atoms with E-state index < -0.39 is 0 Å². The number of amides is 1. The fourth-order valence-corrected chi connectivity index (χ4v) is 3.17. The van der Waals surface area contributed by atoms with Crippen LogP contribution in [0.1, 0.15) is 15.9 Å². The standard InChI is InChI=1S/C20H23ClN2O2/c1-16-5-2-3-8-19(16)25-14-13-22-9-11-23(12-10-22)20(24)17-6-4-7-18(21)15-17/h2-8,15H,9-14H2,1H3. The van der Waals surface area contributed by atoms with Crippen LogP contribution in [-0.4, -0.2) is 55.0 Å². The molecule has 1 fully saturated rings. The molecule has 2 aromatic carbocycles. The number of carbonyl (C=O) groups excluding carboxylic acids is 1. The van der Waals surface area contributed by atoms with Crippen molar-refractivity contribution in [3.05, 3.63) is 64.7 Å². The van der Waals surface area contributed by atoms with E-state index in [-0.39, 0.29) is 5.91 Å². The Balaban J connectivity index is 1.44. The summed E-state index contributed by atoms with van der Waals surface area (Å²) in [5.74, 6) is 0.996. The third kappa shape index (κ3) is 4.74. The van der Waals surface area contributed by atoms with Crippen LogP contribution in [0.25, 0.3) is 0 Å². The van der Waals surface area contributed by atoms with E-state index in [1.54, 1.807) is 12.1 Å². The molecule has 0 radical (unpaired) electrons. The van der Waals surface area contributed by atoms with Crippen molar-refractivity contribution in [2.24, 2.45) is 0 Å². The Morgan fingerprint density at radius 3 is 2.56 bits per heavy atom. The van der Waals surface area contributed by atoms with Crippen LogP contribution in [0, 0.1) is 6.92 Å². The Morgan fingerprint density at radius 2 is 1.84 bits per heavy atom. The van der Waals surface area contributed by atoms with Crippen LogP contribution in [0.4, 0.5) is 0 Å². The van der Waals surface area contributed by atoms with E-state index in [9.17, 15) is 4.79 Å². The van der Waals surface area contributed by atoms with Gasteiger partial charge >= 0.3 is 0 Å². The Bertz CT molecular complexity index is 727. The molecule has 2 aromatic rings. The number of halogens is 1. The topological polar surface area (TPSA) is 32.8 Å². The van der Waals surface area contributed by atoms with Gasteiger partial charge in [0.15, 0.2) is 0 Å². The van der Waals surface area contributed by atoms with Crippen molar-refractivity contribution in [2.75, 3.05) is 39.3 Å². The fraction of sp³-hybridized carbons (Fsp3) is 0.350. The zero-order chi connectivity index (χ0) is 17.6. The molecule has 25 heavy (non-hydrogen) atoms. The van der Waals surface area contributed by atoms with Crippen LogP contribution >= 0.6 is 11.6 Å². The van der Waals surface area contributed by atoms with Crippen LogP contribution in [0.5, 0.6) is 5.75 Å². The van der Waals surface area contributed by atoms with Crippen molar-refractivity contribution in [3.63, 3.8) is 0 Å². The number of piperazine rings is 1. The van der Waals surface area contributed by atoms with Gasteiger partial charge in [0.2, 0.25) is 0 Å². The highest BCUT2D eigenvalue weighted by Gasteiger charge is 2.22. The van der Waals surface area contributed by atoms with Crippen molar-refractivity contribution in [1.29, 1.82) is 0 Å². The zero-order valence-corrected chi connectivity index (χ0v) is 15.2. The van der Waals surface area contributed by atoms with Crippen molar-refractivity contribution < 1.29 is 9.53 Å². The highest BCUT2D eigenvalue weighted by atomic mass is 35.5. The quantitative estimate of drug-likeness (QED) is 0.820. The van der Waals surface area contributed by atoms with Gasteiger partial charge in [-0.2, -0.15) is 0 Å². The Hall–Kier alpha value is -2.04. The molecule has 0 N–H and O–H groups in total. The van der Waals surface area contributed by atoms with Gasteiger partial charge in [-0.1, -0.05) is 35.9 Å². The number of nitrogens with zero attached hydrogens (tertiary/aromatic N) is 2. The molecular weight excluding hydrogens is 336 g/mol. The smallest absolute Gasteiger partial charge is 0.253 e. The lowest BCUT2D eigenvalue weighted by atomic mass is 10.2. The number of rotatable bonds is 5. The highest BCUT2D eigenvalue weighted by Crippen LogP contribution is 2.16. The lowest BCUT2D eigenvalue weighted by molar-refractivity contribution is 0.0620. The van der Waals surface area contributed by atoms with Gasteiger partial charge in [0.1, 0.15) is 12.4 Å². The maximum Gasteiger partial charge on any atom is 0.253 e. The summed E-state index contributed by atoms with van der Waals surface area (Å²) < 4.78 is 5.86. The Labute approximate surface area is 154 Å². The van der Waals surface area contributed by atoms with Gasteiger partial charge in [0.05, 0.1) is 0 Å². The summed E-state index contributed by atoms with van der Waals surface area (Å²) in [7, 11) is 0. The molecule has 0 saturated carbocycles. The Morgan fingerprint density at radius 1 is 1.08 bits per heavy atom. The van der Waals surface area contributed by atoms with Gasteiger partial charge in [-0.05, 0) is 36.8 Å². The van der Waals surface area contributed by atoms with Gasteiger partial charge in [0.25, 0.3) is 5.91 Å². The van der Waals surface area contributed by atoms with Gasteiger partial charge < -0.3 is 9.64 Å². The number of ether oxygens (including phenoxy) is 1. The van der Waals surface area contributed by atoms with Crippen LogP contribution < -0.4 is 4.74 Å². The van der Waals surface area contributed by atoms with E-state index in [2.05, 4.69) is 17.9 Å². The van der Waals surface area contributed by atoms with Gasteiger partial charge in [-0.25, -0.2) is 0 Å². The zero-order valence-electron chi connectivity index (χ0n) is 14.5. The van der Waals surface area contributed by atoms with E-state index in [1.807, 2.05) is 35.2 Å². The largest absolute Gasteiger partial charge is 0.492 e. The molecule has 0 spiro atoms. The minimum absolute atomic E-state index is 0.0540. The molecule has 3 rings (SSSR count). The number of benzene rings is 2. The van der Waals surface area contributed by atoms with E-state index in [0.717, 1.165) is 44.0 Å². The van der Waals surface area contributed by atoms with E-state index in [0.29, 0.717) is 17.2 Å². The number of hydrogen-bond acceptors (Lipinski definition) is 3. The molecular formula is C20H23ClN2O2. The van der Waals surface area contributed by atoms with E-state index in [4.69, 9.17) is 16.3 Å². The third-order valence-electron chi connectivity index (χ3n) is 4.49. The summed E-state index contributed by atoms with van der Waals surface area (Å²) in [5, 5.41) is 0.595. The minimum atomic E-state index is 0.0540. The minimum Gasteiger partial charge on any atom is -0.492 e. The summed E-state index contributed by atoms with van der Waals surface area (Å²) in [5.41, 5.74) is 1.81. The molecule has 1 aliphatic rings. The highest BCUT2D eigenvalue weighted by molar-refractivity contribution is 6.30. The van der Waals surface area contributed by atoms with Crippen molar-refractivity contribution in [1.82, 2.24) is 9.80 Å². The summed E-state index contributed by atoms with van der Waals surface area (Å²) in [6, 6.07) is 15.2. The molecule has 1 amide bonds. The number of hydrogen-bond donors (Lipinski definition) is 0. The molecule has 0 unspecified atom stereocenters. The van der Waals surface area contributed by atoms with E-state index >= 15 is 0 Å². The second-order valence-electron chi connectivity index (χ2n) is 6.26. The maximum atomic E-state index is 12.5. The molecule has 0 aromatic heterocycles. The number of para-hydroxylation sites is 1. The van der Waals surface area contributed by atoms with Crippen molar-refractivity contribution >= 4 is 17.5 Å². The summed E-state index contributed by atoms with van der Waals surface area (Å²) in [4.78, 5) is 16.7. The summed E-state index contributed by atoms with van der Waals surface area (Å²) in [6.45, 7) is 6.77. The van der Waals surface area contributed by atoms with Crippen LogP contribution in [-0.2, 0) is 0 Å². The first-order valence-electron chi connectivity index (χ1n) is 8.59. The van der Waals surface area contributed by atoms with Gasteiger partial charge in [-0.3, -0.25) is 9.69 Å². The lowest BCUT2D eigenvalue weighted by Gasteiger charge is -2.34. The lowest BCUT2D eigenvalue weighted by Crippen LogP contribution is -2.49.